The number of phenols is 1. The van der Waals surface area contributed by atoms with Crippen LogP contribution in [0.1, 0.15) is 12.0 Å². The Morgan fingerprint density at radius 3 is 2.77 bits per heavy atom. The van der Waals surface area contributed by atoms with Gasteiger partial charge in [0.05, 0.1) is 13.0 Å². The number of ether oxygens (including phenoxy) is 1. The largest absolute Gasteiger partial charge is 0.508 e. The molecule has 0 aromatic heterocycles. The SMILES string of the molecule is O=C(Cc1cccc(O)c1)NCCCOc1ccccc1F. The Morgan fingerprint density at radius 1 is 1.18 bits per heavy atom. The number of aromatic hydroxyl groups is 1. The van der Waals surface area contributed by atoms with Crippen LogP contribution < -0.4 is 10.1 Å². The number of amides is 1. The number of rotatable bonds is 7. The number of carbonyl (C=O) groups excluding carboxylic acids is 1. The molecule has 0 aliphatic rings. The summed E-state index contributed by atoms with van der Waals surface area (Å²) in [5, 5.41) is 12.1. The number of nitrogens with one attached hydrogen (secondary N) is 1. The van der Waals surface area contributed by atoms with E-state index in [-0.39, 0.29) is 23.8 Å². The van der Waals surface area contributed by atoms with Crippen molar-refractivity contribution >= 4 is 5.91 Å². The maximum absolute atomic E-state index is 13.3. The summed E-state index contributed by atoms with van der Waals surface area (Å²) in [7, 11) is 0. The molecule has 0 saturated heterocycles. The van der Waals surface area contributed by atoms with Crippen LogP contribution in [0, 0.1) is 5.82 Å². The molecule has 116 valence electrons. The first-order valence-corrected chi connectivity index (χ1v) is 7.07. The van der Waals surface area contributed by atoms with E-state index in [0.29, 0.717) is 19.6 Å². The molecule has 0 aliphatic heterocycles. The van der Waals surface area contributed by atoms with Gasteiger partial charge in [-0.25, -0.2) is 4.39 Å². The van der Waals surface area contributed by atoms with Crippen LogP contribution in [0.3, 0.4) is 0 Å². The van der Waals surface area contributed by atoms with Crippen molar-refractivity contribution in [2.24, 2.45) is 0 Å². The lowest BCUT2D eigenvalue weighted by molar-refractivity contribution is -0.120. The lowest BCUT2D eigenvalue weighted by Gasteiger charge is -2.08. The van der Waals surface area contributed by atoms with E-state index in [1.54, 1.807) is 42.5 Å². The molecule has 2 N–H and O–H groups in total. The lowest BCUT2D eigenvalue weighted by Crippen LogP contribution is -2.27. The molecule has 0 atom stereocenters. The van der Waals surface area contributed by atoms with Crippen molar-refractivity contribution in [1.82, 2.24) is 5.32 Å². The fourth-order valence-corrected chi connectivity index (χ4v) is 1.96. The first-order chi connectivity index (χ1) is 10.6. The molecule has 1 amide bonds. The summed E-state index contributed by atoms with van der Waals surface area (Å²) >= 11 is 0. The quantitative estimate of drug-likeness (QED) is 0.773. The third-order valence-corrected chi connectivity index (χ3v) is 3.01. The number of halogens is 1. The van der Waals surface area contributed by atoms with Crippen LogP contribution in [0.25, 0.3) is 0 Å². The van der Waals surface area contributed by atoms with Gasteiger partial charge in [-0.1, -0.05) is 24.3 Å². The number of hydrogen-bond acceptors (Lipinski definition) is 3. The standard InChI is InChI=1S/C17H18FNO3/c18-15-7-1-2-8-16(15)22-10-4-9-19-17(21)12-13-5-3-6-14(20)11-13/h1-3,5-8,11,20H,4,9-10,12H2,(H,19,21). The molecule has 0 fully saturated rings. The Labute approximate surface area is 128 Å². The van der Waals surface area contributed by atoms with Crippen molar-refractivity contribution in [3.8, 4) is 11.5 Å². The molecule has 0 spiro atoms. The zero-order chi connectivity index (χ0) is 15.8. The molecule has 2 rings (SSSR count). The number of hydrogen-bond donors (Lipinski definition) is 2. The van der Waals surface area contributed by atoms with Gasteiger partial charge in [-0.3, -0.25) is 4.79 Å². The monoisotopic (exact) mass is 303 g/mol. The second-order valence-corrected chi connectivity index (χ2v) is 4.83. The van der Waals surface area contributed by atoms with E-state index in [4.69, 9.17) is 4.74 Å². The minimum atomic E-state index is -0.393. The molecule has 0 saturated carbocycles. The smallest absolute Gasteiger partial charge is 0.224 e. The van der Waals surface area contributed by atoms with Gasteiger partial charge in [0, 0.05) is 6.54 Å². The molecular weight excluding hydrogens is 285 g/mol. The van der Waals surface area contributed by atoms with E-state index in [1.165, 1.54) is 6.07 Å². The van der Waals surface area contributed by atoms with Crippen LogP contribution in [0.2, 0.25) is 0 Å². The van der Waals surface area contributed by atoms with Crippen LogP contribution in [0.15, 0.2) is 48.5 Å². The molecular formula is C17H18FNO3. The molecule has 2 aromatic carbocycles. The Bertz CT molecular complexity index is 631. The summed E-state index contributed by atoms with van der Waals surface area (Å²) in [5.74, 6) is -0.163. The van der Waals surface area contributed by atoms with E-state index in [1.807, 2.05) is 0 Å². The van der Waals surface area contributed by atoms with Gasteiger partial charge in [0.25, 0.3) is 0 Å². The number of para-hydroxylation sites is 1. The van der Waals surface area contributed by atoms with Crippen LogP contribution in [-0.2, 0) is 11.2 Å². The summed E-state index contributed by atoms with van der Waals surface area (Å²) in [5.41, 5.74) is 0.750. The van der Waals surface area contributed by atoms with E-state index in [9.17, 15) is 14.3 Å². The van der Waals surface area contributed by atoms with Crippen LogP contribution in [0.5, 0.6) is 11.5 Å². The summed E-state index contributed by atoms with van der Waals surface area (Å²) in [6.45, 7) is 0.777. The predicted molar refractivity (Wildman–Crippen MR) is 81.3 cm³/mol. The van der Waals surface area contributed by atoms with Crippen LogP contribution >= 0.6 is 0 Å². The molecule has 0 bridgehead atoms. The second kappa shape index (κ2) is 8.02. The topological polar surface area (TPSA) is 58.6 Å². The second-order valence-electron chi connectivity index (χ2n) is 4.83. The predicted octanol–water partition coefficient (Wildman–Crippen LogP) is 2.66. The van der Waals surface area contributed by atoms with E-state index < -0.39 is 5.82 Å². The van der Waals surface area contributed by atoms with Gasteiger partial charge in [-0.15, -0.1) is 0 Å². The zero-order valence-corrected chi connectivity index (χ0v) is 12.1. The maximum atomic E-state index is 13.3. The molecule has 0 heterocycles. The normalized spacial score (nSPS) is 10.2. The molecule has 0 aliphatic carbocycles. The Morgan fingerprint density at radius 2 is 2.00 bits per heavy atom. The number of carbonyl (C=O) groups is 1. The molecule has 0 radical (unpaired) electrons. The highest BCUT2D eigenvalue weighted by molar-refractivity contribution is 5.78. The Kier molecular flexibility index (Phi) is 5.77. The fourth-order valence-electron chi connectivity index (χ4n) is 1.96. The first kappa shape index (κ1) is 15.8. The average Bonchev–Trinajstić information content (AvgIpc) is 2.48. The van der Waals surface area contributed by atoms with E-state index in [0.717, 1.165) is 5.56 Å². The maximum Gasteiger partial charge on any atom is 0.224 e. The van der Waals surface area contributed by atoms with Gasteiger partial charge < -0.3 is 15.2 Å². The highest BCUT2D eigenvalue weighted by Crippen LogP contribution is 2.15. The lowest BCUT2D eigenvalue weighted by atomic mass is 10.1. The summed E-state index contributed by atoms with van der Waals surface area (Å²) in [6.07, 6.45) is 0.794. The average molecular weight is 303 g/mol. The van der Waals surface area contributed by atoms with Gasteiger partial charge in [0.1, 0.15) is 5.75 Å². The van der Waals surface area contributed by atoms with Crippen molar-refractivity contribution in [1.29, 1.82) is 0 Å². The molecule has 0 unspecified atom stereocenters. The molecule has 2 aromatic rings. The number of phenolic OH excluding ortho intramolecular Hbond substituents is 1. The molecule has 22 heavy (non-hydrogen) atoms. The Hall–Kier alpha value is -2.56. The van der Waals surface area contributed by atoms with Crippen molar-refractivity contribution < 1.29 is 19.0 Å². The van der Waals surface area contributed by atoms with E-state index in [2.05, 4.69) is 5.32 Å². The van der Waals surface area contributed by atoms with Crippen molar-refractivity contribution in [3.05, 3.63) is 59.9 Å². The summed E-state index contributed by atoms with van der Waals surface area (Å²) in [4.78, 5) is 11.7. The third kappa shape index (κ3) is 5.09. The van der Waals surface area contributed by atoms with E-state index >= 15 is 0 Å². The minimum Gasteiger partial charge on any atom is -0.508 e. The van der Waals surface area contributed by atoms with Crippen LogP contribution in [-0.4, -0.2) is 24.2 Å². The Balaban J connectivity index is 1.64. The summed E-state index contributed by atoms with van der Waals surface area (Å²) < 4.78 is 18.6. The summed E-state index contributed by atoms with van der Waals surface area (Å²) in [6, 6.07) is 12.8. The van der Waals surface area contributed by atoms with Crippen LogP contribution in [0.4, 0.5) is 4.39 Å². The highest BCUT2D eigenvalue weighted by atomic mass is 19.1. The van der Waals surface area contributed by atoms with Gasteiger partial charge in [0.2, 0.25) is 5.91 Å². The molecule has 5 heteroatoms. The molecule has 4 nitrogen and oxygen atoms in total. The van der Waals surface area contributed by atoms with Gasteiger partial charge in [-0.05, 0) is 36.2 Å². The zero-order valence-electron chi connectivity index (χ0n) is 12.1. The van der Waals surface area contributed by atoms with Gasteiger partial charge in [0.15, 0.2) is 11.6 Å². The fraction of sp³-hybridized carbons (Fsp3) is 0.235. The minimum absolute atomic E-state index is 0.128. The highest BCUT2D eigenvalue weighted by Gasteiger charge is 2.04. The van der Waals surface area contributed by atoms with Crippen molar-refractivity contribution in [3.63, 3.8) is 0 Å². The third-order valence-electron chi connectivity index (χ3n) is 3.01. The van der Waals surface area contributed by atoms with Gasteiger partial charge >= 0.3 is 0 Å². The first-order valence-electron chi connectivity index (χ1n) is 7.07. The van der Waals surface area contributed by atoms with Crippen molar-refractivity contribution in [2.75, 3.05) is 13.2 Å². The van der Waals surface area contributed by atoms with Crippen molar-refractivity contribution in [2.45, 2.75) is 12.8 Å². The number of benzene rings is 2. The van der Waals surface area contributed by atoms with Gasteiger partial charge in [-0.2, -0.15) is 0 Å².